The number of halogens is 1. The lowest BCUT2D eigenvalue weighted by atomic mass is 10.1. The topological polar surface area (TPSA) is 75.7 Å². The zero-order valence-electron chi connectivity index (χ0n) is 17.2. The first-order chi connectivity index (χ1) is 14.3. The van der Waals surface area contributed by atoms with Crippen molar-refractivity contribution in [2.75, 3.05) is 20.2 Å². The molecule has 0 aliphatic carbocycles. The van der Waals surface area contributed by atoms with Crippen molar-refractivity contribution < 1.29 is 17.9 Å². The lowest BCUT2D eigenvalue weighted by molar-refractivity contribution is 0.0939. The van der Waals surface area contributed by atoms with E-state index >= 15 is 0 Å². The number of nitrogens with zero attached hydrogens (tertiary/aromatic N) is 1. The van der Waals surface area contributed by atoms with Gasteiger partial charge in [-0.3, -0.25) is 4.79 Å². The SMILES string of the molecule is COc1ccccc1[C@H](C)NC(=O)c1ccc(Cl)c(S(=O)(=O)N2CCCCCC2)c1. The highest BCUT2D eigenvalue weighted by Gasteiger charge is 2.28. The van der Waals surface area contributed by atoms with Crippen molar-refractivity contribution in [1.82, 2.24) is 9.62 Å². The molecule has 1 amide bonds. The molecule has 162 valence electrons. The molecular weight excluding hydrogens is 424 g/mol. The summed E-state index contributed by atoms with van der Waals surface area (Å²) in [4.78, 5) is 12.8. The molecule has 3 rings (SSSR count). The quantitative estimate of drug-likeness (QED) is 0.707. The third kappa shape index (κ3) is 4.96. The van der Waals surface area contributed by atoms with Gasteiger partial charge in [-0.15, -0.1) is 0 Å². The average Bonchev–Trinajstić information content (AvgIpc) is 3.04. The van der Waals surface area contributed by atoms with E-state index in [9.17, 15) is 13.2 Å². The van der Waals surface area contributed by atoms with E-state index in [1.807, 2.05) is 31.2 Å². The number of benzene rings is 2. The van der Waals surface area contributed by atoms with Gasteiger partial charge < -0.3 is 10.1 Å². The molecule has 0 aromatic heterocycles. The molecule has 2 aromatic carbocycles. The molecule has 30 heavy (non-hydrogen) atoms. The fourth-order valence-corrected chi connectivity index (χ4v) is 5.66. The van der Waals surface area contributed by atoms with E-state index in [0.717, 1.165) is 31.2 Å². The van der Waals surface area contributed by atoms with Crippen LogP contribution in [0.15, 0.2) is 47.4 Å². The van der Waals surface area contributed by atoms with Crippen LogP contribution in [0.25, 0.3) is 0 Å². The summed E-state index contributed by atoms with van der Waals surface area (Å²) in [5.41, 5.74) is 1.08. The van der Waals surface area contributed by atoms with E-state index in [1.165, 1.54) is 22.5 Å². The zero-order chi connectivity index (χ0) is 21.7. The van der Waals surface area contributed by atoms with E-state index in [1.54, 1.807) is 7.11 Å². The summed E-state index contributed by atoms with van der Waals surface area (Å²) in [5, 5.41) is 3.02. The van der Waals surface area contributed by atoms with Gasteiger partial charge in [0.1, 0.15) is 10.6 Å². The molecule has 1 fully saturated rings. The number of rotatable bonds is 6. The number of para-hydroxylation sites is 1. The van der Waals surface area contributed by atoms with Gasteiger partial charge in [-0.05, 0) is 44.0 Å². The van der Waals surface area contributed by atoms with Crippen LogP contribution >= 0.6 is 11.6 Å². The smallest absolute Gasteiger partial charge is 0.251 e. The van der Waals surface area contributed by atoms with Gasteiger partial charge in [-0.25, -0.2) is 8.42 Å². The second kappa shape index (κ2) is 9.81. The van der Waals surface area contributed by atoms with E-state index in [-0.39, 0.29) is 27.4 Å². The molecule has 1 aliphatic heterocycles. The summed E-state index contributed by atoms with van der Waals surface area (Å²) in [7, 11) is -2.19. The number of amides is 1. The monoisotopic (exact) mass is 450 g/mol. The highest BCUT2D eigenvalue weighted by Crippen LogP contribution is 2.29. The minimum atomic E-state index is -3.76. The van der Waals surface area contributed by atoms with Crippen LogP contribution in [0.5, 0.6) is 5.75 Å². The molecule has 6 nitrogen and oxygen atoms in total. The van der Waals surface area contributed by atoms with Crippen molar-refractivity contribution >= 4 is 27.5 Å². The van der Waals surface area contributed by atoms with Crippen LogP contribution < -0.4 is 10.1 Å². The highest BCUT2D eigenvalue weighted by molar-refractivity contribution is 7.89. The number of sulfonamides is 1. The van der Waals surface area contributed by atoms with Gasteiger partial charge >= 0.3 is 0 Å². The summed E-state index contributed by atoms with van der Waals surface area (Å²) in [6, 6.07) is 11.5. The van der Waals surface area contributed by atoms with Crippen molar-refractivity contribution in [2.24, 2.45) is 0 Å². The Balaban J connectivity index is 1.84. The van der Waals surface area contributed by atoms with Gasteiger partial charge in [0.25, 0.3) is 5.91 Å². The molecule has 1 N–H and O–H groups in total. The largest absolute Gasteiger partial charge is 0.496 e. The third-order valence-electron chi connectivity index (χ3n) is 5.33. The molecule has 0 bridgehead atoms. The molecule has 0 radical (unpaired) electrons. The first-order valence-electron chi connectivity index (χ1n) is 10.1. The average molecular weight is 451 g/mol. The Bertz CT molecular complexity index is 1000. The first-order valence-corrected chi connectivity index (χ1v) is 11.9. The van der Waals surface area contributed by atoms with E-state index < -0.39 is 10.0 Å². The van der Waals surface area contributed by atoms with Crippen molar-refractivity contribution in [3.63, 3.8) is 0 Å². The van der Waals surface area contributed by atoms with Gasteiger partial charge in [-0.1, -0.05) is 42.6 Å². The third-order valence-corrected chi connectivity index (χ3v) is 7.71. The summed E-state index contributed by atoms with van der Waals surface area (Å²) >= 11 is 6.23. The Labute approximate surface area is 183 Å². The maximum atomic E-state index is 13.2. The fraction of sp³-hybridized carbons (Fsp3) is 0.409. The number of carbonyl (C=O) groups excluding carboxylic acids is 1. The Kier molecular flexibility index (Phi) is 7.39. The van der Waals surface area contributed by atoms with Gasteiger partial charge in [0, 0.05) is 24.2 Å². The van der Waals surface area contributed by atoms with Crippen molar-refractivity contribution in [3.8, 4) is 5.75 Å². The summed E-state index contributed by atoms with van der Waals surface area (Å²) < 4.78 is 33.1. The summed E-state index contributed by atoms with van der Waals surface area (Å²) in [6.07, 6.45) is 3.69. The first kappa shape index (κ1) is 22.6. The van der Waals surface area contributed by atoms with Crippen LogP contribution in [-0.4, -0.2) is 38.8 Å². The minimum absolute atomic E-state index is 0.0244. The Morgan fingerprint density at radius 2 is 1.77 bits per heavy atom. The van der Waals surface area contributed by atoms with Crippen LogP contribution in [0.2, 0.25) is 5.02 Å². The fourth-order valence-electron chi connectivity index (χ4n) is 3.65. The second-order valence-electron chi connectivity index (χ2n) is 7.40. The Hall–Kier alpha value is -2.09. The lowest BCUT2D eigenvalue weighted by Gasteiger charge is -2.21. The molecule has 2 aromatic rings. The molecular formula is C22H27ClN2O4S. The molecule has 0 unspecified atom stereocenters. The number of ether oxygens (including phenoxy) is 1. The Morgan fingerprint density at radius 3 is 2.43 bits per heavy atom. The van der Waals surface area contributed by atoms with Gasteiger partial charge in [0.2, 0.25) is 10.0 Å². The number of carbonyl (C=O) groups is 1. The van der Waals surface area contributed by atoms with Crippen LogP contribution in [0, 0.1) is 0 Å². The molecule has 1 heterocycles. The number of hydrogen-bond acceptors (Lipinski definition) is 4. The zero-order valence-corrected chi connectivity index (χ0v) is 18.8. The van der Waals surface area contributed by atoms with Gasteiger partial charge in [-0.2, -0.15) is 4.31 Å². The maximum absolute atomic E-state index is 13.2. The molecule has 0 spiro atoms. The van der Waals surface area contributed by atoms with Crippen molar-refractivity contribution in [2.45, 2.75) is 43.5 Å². The highest BCUT2D eigenvalue weighted by atomic mass is 35.5. The van der Waals surface area contributed by atoms with Crippen molar-refractivity contribution in [1.29, 1.82) is 0 Å². The number of hydrogen-bond donors (Lipinski definition) is 1. The van der Waals surface area contributed by atoms with E-state index in [0.29, 0.717) is 18.8 Å². The second-order valence-corrected chi connectivity index (χ2v) is 9.71. The molecule has 0 saturated carbocycles. The summed E-state index contributed by atoms with van der Waals surface area (Å²) in [5.74, 6) is 0.295. The minimum Gasteiger partial charge on any atom is -0.496 e. The van der Waals surface area contributed by atoms with Gasteiger partial charge in [0.05, 0.1) is 18.2 Å². The molecule has 1 atom stereocenters. The van der Waals surface area contributed by atoms with Crippen molar-refractivity contribution in [3.05, 3.63) is 58.6 Å². The molecule has 1 saturated heterocycles. The lowest BCUT2D eigenvalue weighted by Crippen LogP contribution is -2.32. The van der Waals surface area contributed by atoms with E-state index in [4.69, 9.17) is 16.3 Å². The van der Waals surface area contributed by atoms with Gasteiger partial charge in [0.15, 0.2) is 0 Å². The standard InChI is InChI=1S/C22H27ClN2O4S/c1-16(18-9-5-6-10-20(18)29-2)24-22(26)17-11-12-19(23)21(15-17)30(27,28)25-13-7-3-4-8-14-25/h5-6,9-12,15-16H,3-4,7-8,13-14H2,1-2H3,(H,24,26)/t16-/m0/s1. The maximum Gasteiger partial charge on any atom is 0.251 e. The molecule has 1 aliphatic rings. The number of nitrogens with one attached hydrogen (secondary N) is 1. The van der Waals surface area contributed by atoms with Crippen LogP contribution in [-0.2, 0) is 10.0 Å². The van der Waals surface area contributed by atoms with E-state index in [2.05, 4.69) is 5.32 Å². The molecule has 8 heteroatoms. The van der Waals surface area contributed by atoms with Crippen LogP contribution in [0.1, 0.15) is 54.6 Å². The summed E-state index contributed by atoms with van der Waals surface area (Å²) in [6.45, 7) is 2.79. The predicted octanol–water partition coefficient (Wildman–Crippen LogP) is 4.40. The normalized spacial score (nSPS) is 16.5. The predicted molar refractivity (Wildman–Crippen MR) is 118 cm³/mol. The Morgan fingerprint density at radius 1 is 1.10 bits per heavy atom. The van der Waals surface area contributed by atoms with Crippen LogP contribution in [0.4, 0.5) is 0 Å². The van der Waals surface area contributed by atoms with Crippen LogP contribution in [0.3, 0.4) is 0 Å². The number of methoxy groups -OCH3 is 1.